The molecule has 6 N–H and O–H groups in total. The van der Waals surface area contributed by atoms with Gasteiger partial charge in [0, 0.05) is 13.5 Å². The minimum absolute atomic E-state index is 0.154. The number of ether oxygens (including phenoxy) is 5. The van der Waals surface area contributed by atoms with Crippen LogP contribution in [0.5, 0.6) is 0 Å². The zero-order valence-electron chi connectivity index (χ0n) is 16.7. The molecule has 6 rings (SSSR count). The fourth-order valence-electron chi connectivity index (χ4n) is 4.00. The average Bonchev–Trinajstić information content (AvgIpc) is 2.74. The Morgan fingerprint density at radius 2 is 1.70 bits per heavy atom. The number of amides is 1. The molecule has 6 saturated heterocycles. The first-order valence-corrected chi connectivity index (χ1v) is 10.1. The summed E-state index contributed by atoms with van der Waals surface area (Å²) in [6, 6.07) is 0. The summed E-state index contributed by atoms with van der Waals surface area (Å²) in [4.78, 5) is 11.2. The molecule has 0 aromatic heterocycles. The van der Waals surface area contributed by atoms with Crippen LogP contribution in [0.1, 0.15) is 19.8 Å². The highest BCUT2D eigenvalue weighted by Gasteiger charge is 2.52. The Balaban J connectivity index is 1.88. The van der Waals surface area contributed by atoms with E-state index in [0.717, 1.165) is 0 Å². The highest BCUT2D eigenvalue weighted by atomic mass is 16.7. The minimum atomic E-state index is -1.40. The summed E-state index contributed by atoms with van der Waals surface area (Å²) in [6.07, 6.45) is -10.4. The Morgan fingerprint density at radius 1 is 1.00 bits per heavy atom. The van der Waals surface area contributed by atoms with E-state index in [1.54, 1.807) is 0 Å². The molecular weight excluding hydrogens is 406 g/mol. The number of carbonyl (C=O) groups is 1. The van der Waals surface area contributed by atoms with Gasteiger partial charge >= 0.3 is 0 Å². The molecule has 0 aromatic rings. The molecule has 1 unspecified atom stereocenters. The number of rotatable bonds is 5. The van der Waals surface area contributed by atoms with E-state index in [0.29, 0.717) is 12.8 Å². The van der Waals surface area contributed by atoms with E-state index in [4.69, 9.17) is 23.7 Å². The Kier molecular flexibility index (Phi) is 8.38. The molecule has 6 aliphatic rings. The van der Waals surface area contributed by atoms with Gasteiger partial charge in [0.25, 0.3) is 0 Å². The van der Waals surface area contributed by atoms with Crippen molar-refractivity contribution in [1.29, 1.82) is 0 Å². The number of hydrogen-bond acceptors (Lipinski definition) is 11. The van der Waals surface area contributed by atoms with Crippen molar-refractivity contribution >= 4 is 5.91 Å². The molecule has 12 heteroatoms. The molecule has 10 atom stereocenters. The molecule has 6 aliphatic heterocycles. The van der Waals surface area contributed by atoms with Gasteiger partial charge in [-0.05, 0) is 12.8 Å². The van der Waals surface area contributed by atoms with Gasteiger partial charge in [0.05, 0.1) is 19.3 Å². The van der Waals surface area contributed by atoms with E-state index in [1.165, 1.54) is 6.92 Å². The molecule has 0 spiro atoms. The van der Waals surface area contributed by atoms with Gasteiger partial charge in [-0.3, -0.25) is 4.79 Å². The Hall–Kier alpha value is -0.930. The topological polar surface area (TPSA) is 176 Å². The smallest absolute Gasteiger partial charge is 0.218 e. The third-order valence-corrected chi connectivity index (χ3v) is 5.59. The fraction of sp³-hybridized carbons (Fsp3) is 0.944. The van der Waals surface area contributed by atoms with Crippen molar-refractivity contribution in [2.45, 2.75) is 81.0 Å². The maximum absolute atomic E-state index is 11.2. The number of hydrogen-bond donors (Lipinski definition) is 6. The van der Waals surface area contributed by atoms with E-state index < -0.39 is 74.4 Å². The van der Waals surface area contributed by atoms with Crippen molar-refractivity contribution in [3.05, 3.63) is 0 Å². The van der Waals surface area contributed by atoms with Gasteiger partial charge in [-0.25, -0.2) is 0 Å². The van der Waals surface area contributed by atoms with Crippen LogP contribution in [0.2, 0.25) is 0 Å². The molecule has 0 aromatic carbocycles. The molecule has 6 fully saturated rings. The molecule has 1 amide bonds. The molecule has 0 radical (unpaired) electrons. The second-order valence-electron chi connectivity index (χ2n) is 7.68. The third-order valence-electron chi connectivity index (χ3n) is 5.59. The second-order valence-corrected chi connectivity index (χ2v) is 7.68. The summed E-state index contributed by atoms with van der Waals surface area (Å²) in [7, 11) is 0. The molecule has 0 aliphatic carbocycles. The number of aliphatic hydroxyl groups excluding tert-OH is 5. The van der Waals surface area contributed by atoms with Crippen LogP contribution in [0.4, 0.5) is 0 Å². The second kappa shape index (κ2) is 10.6. The van der Waals surface area contributed by atoms with E-state index in [9.17, 15) is 30.3 Å². The van der Waals surface area contributed by atoms with Crippen molar-refractivity contribution in [2.75, 3.05) is 26.6 Å². The number of carbonyl (C=O) groups excluding carboxylic acids is 1. The van der Waals surface area contributed by atoms with Crippen LogP contribution in [0.25, 0.3) is 0 Å². The number of nitrogens with one attached hydrogen (secondary N) is 1. The summed E-state index contributed by atoms with van der Waals surface area (Å²) < 4.78 is 28.6. The monoisotopic (exact) mass is 437 g/mol. The van der Waals surface area contributed by atoms with Gasteiger partial charge in [-0.15, -0.1) is 0 Å². The number of aliphatic hydroxyl groups is 5. The van der Waals surface area contributed by atoms with Crippen LogP contribution in [0.15, 0.2) is 0 Å². The summed E-state index contributed by atoms with van der Waals surface area (Å²) in [5.41, 5.74) is 0. The van der Waals surface area contributed by atoms with Crippen molar-refractivity contribution in [3.63, 3.8) is 0 Å². The summed E-state index contributed by atoms with van der Waals surface area (Å²) in [6.45, 7) is 0.238. The predicted octanol–water partition coefficient (Wildman–Crippen LogP) is -3.41. The zero-order valence-corrected chi connectivity index (χ0v) is 16.7. The molecule has 30 heavy (non-hydrogen) atoms. The van der Waals surface area contributed by atoms with E-state index in [2.05, 4.69) is 5.32 Å². The molecule has 0 saturated carbocycles. The molecule has 12 nitrogen and oxygen atoms in total. The van der Waals surface area contributed by atoms with Crippen LogP contribution in [0.3, 0.4) is 0 Å². The Morgan fingerprint density at radius 3 is 2.37 bits per heavy atom. The van der Waals surface area contributed by atoms with Crippen molar-refractivity contribution in [2.24, 2.45) is 0 Å². The maximum Gasteiger partial charge on any atom is 0.218 e. The first-order chi connectivity index (χ1) is 14.4. The lowest BCUT2D eigenvalue weighted by molar-refractivity contribution is -0.348. The van der Waals surface area contributed by atoms with Gasteiger partial charge in [0.15, 0.2) is 6.29 Å². The SMILES string of the molecule is CC(=O)NCO[C@H]1C2O[C@H]3[C@H](O)[C@@H](O)[C@@H](CCCO[C@@H]([C@@H]1O)[C@@H](CO)O2)O[C@@H]3CO. The lowest BCUT2D eigenvalue weighted by Crippen LogP contribution is -2.65. The highest BCUT2D eigenvalue weighted by Crippen LogP contribution is 2.33. The van der Waals surface area contributed by atoms with Crippen LogP contribution in [-0.4, -0.2) is 119 Å². The van der Waals surface area contributed by atoms with E-state index >= 15 is 0 Å². The maximum atomic E-state index is 11.2. The summed E-state index contributed by atoms with van der Waals surface area (Å²) >= 11 is 0. The van der Waals surface area contributed by atoms with Crippen molar-refractivity contribution in [3.8, 4) is 0 Å². The first kappa shape index (κ1) is 23.7. The molecule has 6 heterocycles. The van der Waals surface area contributed by atoms with Crippen LogP contribution < -0.4 is 5.32 Å². The van der Waals surface area contributed by atoms with Crippen LogP contribution in [0, 0.1) is 0 Å². The van der Waals surface area contributed by atoms with Gasteiger partial charge < -0.3 is 54.5 Å². The lowest BCUT2D eigenvalue weighted by atomic mass is 9.92. The quantitative estimate of drug-likeness (QED) is 0.236. The zero-order chi connectivity index (χ0) is 21.8. The van der Waals surface area contributed by atoms with E-state index in [-0.39, 0.29) is 19.2 Å². The minimum Gasteiger partial charge on any atom is -0.394 e. The van der Waals surface area contributed by atoms with Crippen LogP contribution >= 0.6 is 0 Å². The fourth-order valence-corrected chi connectivity index (χ4v) is 4.00. The van der Waals surface area contributed by atoms with E-state index in [1.807, 2.05) is 0 Å². The van der Waals surface area contributed by atoms with Gasteiger partial charge in [-0.1, -0.05) is 0 Å². The summed E-state index contributed by atoms with van der Waals surface area (Å²) in [5, 5.41) is 53.8. The molecular formula is C18H31NO11. The Bertz CT molecular complexity index is 564. The Labute approximate surface area is 173 Å². The molecule has 4 bridgehead atoms. The normalized spacial score (nSPS) is 44.7. The van der Waals surface area contributed by atoms with Crippen LogP contribution in [-0.2, 0) is 28.5 Å². The van der Waals surface area contributed by atoms with Crippen molar-refractivity contribution in [1.82, 2.24) is 5.32 Å². The third kappa shape index (κ3) is 5.10. The van der Waals surface area contributed by atoms with Gasteiger partial charge in [0.1, 0.15) is 55.6 Å². The van der Waals surface area contributed by atoms with Gasteiger partial charge in [0.2, 0.25) is 5.91 Å². The standard InChI is InChI=1S/C18H31NO11/c1-8(22)19-7-27-17-14(25)15-10(5-20)29-18(17)30-16-11(6-21)28-9(3-2-4-26-15)12(23)13(16)24/h9-18,20-21,23-25H,2-7H2,1H3,(H,19,22)/t9-,10-,11-,12+,13-,14+,15-,16-,17-,18?/m1/s1. The average molecular weight is 437 g/mol. The predicted molar refractivity (Wildman–Crippen MR) is 96.9 cm³/mol. The largest absolute Gasteiger partial charge is 0.394 e. The molecule has 174 valence electrons. The highest BCUT2D eigenvalue weighted by molar-refractivity contribution is 5.72. The van der Waals surface area contributed by atoms with Gasteiger partial charge in [-0.2, -0.15) is 0 Å². The lowest BCUT2D eigenvalue weighted by Gasteiger charge is -2.47. The summed E-state index contributed by atoms with van der Waals surface area (Å²) in [5.74, 6) is -0.351. The van der Waals surface area contributed by atoms with Crippen molar-refractivity contribution < 1.29 is 54.0 Å². The first-order valence-electron chi connectivity index (χ1n) is 10.1.